The molecule has 1 aromatic carbocycles. The van der Waals surface area contributed by atoms with Gasteiger partial charge >= 0.3 is 0 Å². The maximum atomic E-state index is 13.5. The number of hydrogen-bond donors (Lipinski definition) is 0. The van der Waals surface area contributed by atoms with E-state index in [4.69, 9.17) is 21.7 Å². The maximum Gasteiger partial charge on any atom is 0.270 e. The number of carbonyl (C=O) groups is 1. The summed E-state index contributed by atoms with van der Waals surface area (Å²) in [7, 11) is 6.92. The van der Waals surface area contributed by atoms with Crippen molar-refractivity contribution >= 4 is 46.1 Å². The zero-order valence-electron chi connectivity index (χ0n) is 22.2. The third kappa shape index (κ3) is 5.29. The van der Waals surface area contributed by atoms with Crippen LogP contribution in [0.25, 0.3) is 6.08 Å². The van der Waals surface area contributed by atoms with Crippen LogP contribution in [0.4, 0.5) is 5.82 Å². The zero-order chi connectivity index (χ0) is 27.6. The van der Waals surface area contributed by atoms with Crippen molar-refractivity contribution in [2.24, 2.45) is 7.05 Å². The number of methoxy groups -OCH3 is 2. The summed E-state index contributed by atoms with van der Waals surface area (Å²) in [6, 6.07) is 7.73. The standard InChI is InChI=1S/C27H31N5O4S2/c1-17-19(24(30(3)25(33)20(17)16-28)31-12-10-29(2)11-13-31)15-23-26(34)32(27(37)38-23)9-8-18-6-7-21(35-4)22(14-18)36-5/h6-7,14-15H,8-13H2,1-5H3. The van der Waals surface area contributed by atoms with Gasteiger partial charge in [-0.05, 0) is 49.7 Å². The van der Waals surface area contributed by atoms with E-state index < -0.39 is 0 Å². The first kappa shape index (κ1) is 27.7. The average Bonchev–Trinajstić information content (AvgIpc) is 3.18. The second-order valence-electron chi connectivity index (χ2n) is 9.28. The Morgan fingerprint density at radius 2 is 1.79 bits per heavy atom. The molecule has 9 nitrogen and oxygen atoms in total. The van der Waals surface area contributed by atoms with Crippen LogP contribution >= 0.6 is 24.0 Å². The van der Waals surface area contributed by atoms with Crippen LogP contribution in [-0.2, 0) is 18.3 Å². The minimum absolute atomic E-state index is 0.0839. The number of aromatic nitrogens is 1. The molecule has 2 aromatic rings. The van der Waals surface area contributed by atoms with E-state index in [1.165, 1.54) is 16.3 Å². The molecule has 0 aliphatic carbocycles. The molecule has 11 heteroatoms. The highest BCUT2D eigenvalue weighted by Crippen LogP contribution is 2.36. The third-order valence-corrected chi connectivity index (χ3v) is 8.37. The van der Waals surface area contributed by atoms with Gasteiger partial charge in [-0.25, -0.2) is 0 Å². The number of benzene rings is 1. The number of hydrogen-bond acceptors (Lipinski definition) is 9. The number of thioether (sulfide) groups is 1. The van der Waals surface area contributed by atoms with E-state index in [0.29, 0.717) is 44.8 Å². The molecule has 0 bridgehead atoms. The lowest BCUT2D eigenvalue weighted by Crippen LogP contribution is -2.46. The molecular formula is C27H31N5O4S2. The van der Waals surface area contributed by atoms with Crippen LogP contribution in [0.5, 0.6) is 11.5 Å². The molecule has 0 radical (unpaired) electrons. The summed E-state index contributed by atoms with van der Waals surface area (Å²) >= 11 is 6.81. The lowest BCUT2D eigenvalue weighted by atomic mass is 10.0. The van der Waals surface area contributed by atoms with Gasteiger partial charge in [0.1, 0.15) is 21.8 Å². The Morgan fingerprint density at radius 3 is 2.42 bits per heavy atom. The van der Waals surface area contributed by atoms with Crippen molar-refractivity contribution in [1.82, 2.24) is 14.4 Å². The van der Waals surface area contributed by atoms with Gasteiger partial charge in [-0.1, -0.05) is 30.0 Å². The lowest BCUT2D eigenvalue weighted by Gasteiger charge is -2.36. The lowest BCUT2D eigenvalue weighted by molar-refractivity contribution is -0.122. The van der Waals surface area contributed by atoms with E-state index in [2.05, 4.69) is 22.9 Å². The molecule has 0 saturated carbocycles. The Morgan fingerprint density at radius 1 is 1.11 bits per heavy atom. The van der Waals surface area contributed by atoms with Crippen molar-refractivity contribution in [3.8, 4) is 17.6 Å². The molecule has 2 saturated heterocycles. The summed E-state index contributed by atoms with van der Waals surface area (Å²) in [5.74, 6) is 1.81. The summed E-state index contributed by atoms with van der Waals surface area (Å²) in [6.45, 7) is 5.36. The molecule has 2 aliphatic rings. The molecule has 2 fully saturated rings. The van der Waals surface area contributed by atoms with E-state index in [0.717, 1.165) is 37.6 Å². The number of nitriles is 1. The summed E-state index contributed by atoms with van der Waals surface area (Å²) in [5.41, 5.74) is 2.01. The zero-order valence-corrected chi connectivity index (χ0v) is 23.9. The molecule has 2 aliphatic heterocycles. The quantitative estimate of drug-likeness (QED) is 0.379. The highest BCUT2D eigenvalue weighted by molar-refractivity contribution is 8.26. The Bertz CT molecular complexity index is 1400. The Kier molecular flexibility index (Phi) is 8.45. The smallest absolute Gasteiger partial charge is 0.270 e. The third-order valence-electron chi connectivity index (χ3n) is 6.99. The molecule has 200 valence electrons. The fraction of sp³-hybridized carbons (Fsp3) is 0.407. The van der Waals surface area contributed by atoms with Crippen LogP contribution in [0.2, 0.25) is 0 Å². The fourth-order valence-corrected chi connectivity index (χ4v) is 6.00. The first-order chi connectivity index (χ1) is 18.2. The minimum Gasteiger partial charge on any atom is -0.493 e. The van der Waals surface area contributed by atoms with Crippen molar-refractivity contribution in [2.45, 2.75) is 13.3 Å². The molecule has 0 N–H and O–H groups in total. The van der Waals surface area contributed by atoms with Gasteiger partial charge in [-0.3, -0.25) is 19.1 Å². The van der Waals surface area contributed by atoms with Gasteiger partial charge in [0.15, 0.2) is 11.5 Å². The molecule has 0 spiro atoms. The highest BCUT2D eigenvalue weighted by Gasteiger charge is 2.33. The molecular weight excluding hydrogens is 522 g/mol. The molecule has 3 heterocycles. The second kappa shape index (κ2) is 11.6. The summed E-state index contributed by atoms with van der Waals surface area (Å²) in [6.07, 6.45) is 2.38. The van der Waals surface area contributed by atoms with E-state index in [1.54, 1.807) is 39.2 Å². The number of likely N-dealkylation sites (N-methyl/N-ethyl adjacent to an activating group) is 1. The highest BCUT2D eigenvalue weighted by atomic mass is 32.2. The minimum atomic E-state index is -0.335. The number of amides is 1. The van der Waals surface area contributed by atoms with Gasteiger partial charge in [-0.2, -0.15) is 5.26 Å². The van der Waals surface area contributed by atoms with E-state index in [-0.39, 0.29) is 17.0 Å². The predicted molar refractivity (Wildman–Crippen MR) is 154 cm³/mol. The number of rotatable bonds is 7. The second-order valence-corrected chi connectivity index (χ2v) is 11.0. The van der Waals surface area contributed by atoms with Crippen LogP contribution in [0.3, 0.4) is 0 Å². The van der Waals surface area contributed by atoms with Gasteiger partial charge < -0.3 is 19.3 Å². The van der Waals surface area contributed by atoms with Crippen molar-refractivity contribution in [1.29, 1.82) is 5.26 Å². The van der Waals surface area contributed by atoms with Crippen molar-refractivity contribution in [3.05, 3.63) is 55.7 Å². The normalized spacial score (nSPS) is 17.3. The fourth-order valence-electron chi connectivity index (χ4n) is 4.71. The molecule has 1 aromatic heterocycles. The summed E-state index contributed by atoms with van der Waals surface area (Å²) in [4.78, 5) is 32.9. The Balaban J connectivity index is 1.65. The van der Waals surface area contributed by atoms with Crippen LogP contribution < -0.4 is 19.9 Å². The first-order valence-electron chi connectivity index (χ1n) is 12.2. The number of pyridine rings is 1. The van der Waals surface area contributed by atoms with E-state index in [9.17, 15) is 14.9 Å². The van der Waals surface area contributed by atoms with E-state index in [1.807, 2.05) is 18.2 Å². The van der Waals surface area contributed by atoms with Crippen molar-refractivity contribution < 1.29 is 14.3 Å². The van der Waals surface area contributed by atoms with Gasteiger partial charge in [0.05, 0.1) is 19.1 Å². The SMILES string of the molecule is COc1ccc(CCN2C(=O)C(=Cc3c(C)c(C#N)c(=O)n(C)c3N3CCN(C)CC3)SC2=S)cc1OC. The van der Waals surface area contributed by atoms with Gasteiger partial charge in [0.25, 0.3) is 11.5 Å². The van der Waals surface area contributed by atoms with E-state index >= 15 is 0 Å². The first-order valence-corrected chi connectivity index (χ1v) is 13.5. The van der Waals surface area contributed by atoms with Crippen LogP contribution in [0, 0.1) is 18.3 Å². The molecule has 1 amide bonds. The number of nitrogens with zero attached hydrogens (tertiary/aromatic N) is 5. The number of ether oxygens (including phenoxy) is 2. The number of anilines is 1. The monoisotopic (exact) mass is 553 g/mol. The predicted octanol–water partition coefficient (Wildman–Crippen LogP) is 2.78. The number of carbonyl (C=O) groups excluding carboxylic acids is 1. The molecule has 0 atom stereocenters. The molecule has 4 rings (SSSR count). The van der Waals surface area contributed by atoms with Gasteiger partial charge in [-0.15, -0.1) is 0 Å². The number of piperazine rings is 1. The maximum absolute atomic E-state index is 13.5. The van der Waals surface area contributed by atoms with Crippen LogP contribution in [0.1, 0.15) is 22.3 Å². The Labute approximate surface area is 232 Å². The van der Waals surface area contributed by atoms with Gasteiger partial charge in [0, 0.05) is 45.3 Å². The number of thiocarbonyl (C=S) groups is 1. The van der Waals surface area contributed by atoms with Gasteiger partial charge in [0.2, 0.25) is 0 Å². The average molecular weight is 554 g/mol. The summed E-state index contributed by atoms with van der Waals surface area (Å²) < 4.78 is 12.7. The van der Waals surface area contributed by atoms with Crippen LogP contribution in [-0.4, -0.2) is 78.6 Å². The topological polar surface area (TPSA) is 91.0 Å². The van der Waals surface area contributed by atoms with Crippen molar-refractivity contribution in [3.63, 3.8) is 0 Å². The molecule has 38 heavy (non-hydrogen) atoms. The van der Waals surface area contributed by atoms with Crippen LogP contribution in [0.15, 0.2) is 27.9 Å². The molecule has 0 unspecified atom stereocenters. The summed E-state index contributed by atoms with van der Waals surface area (Å²) in [5, 5.41) is 9.71. The largest absolute Gasteiger partial charge is 0.493 e. The Hall–Kier alpha value is -3.33. The van der Waals surface area contributed by atoms with Crippen molar-refractivity contribution in [2.75, 3.05) is 58.9 Å².